The highest BCUT2D eigenvalue weighted by Crippen LogP contribution is 2.16. The Morgan fingerprint density at radius 1 is 1.21 bits per heavy atom. The molecule has 0 atom stereocenters. The molecular weight excluding hydrogens is 327 g/mol. The van der Waals surface area contributed by atoms with E-state index in [1.165, 1.54) is 35.8 Å². The van der Waals surface area contributed by atoms with E-state index in [1.54, 1.807) is 6.07 Å². The average Bonchev–Trinajstić information content (AvgIpc) is 2.99. The Morgan fingerprint density at radius 2 is 2.00 bits per heavy atom. The Balaban J connectivity index is 1.64. The Kier molecular flexibility index (Phi) is 4.81. The first kappa shape index (κ1) is 16.1. The van der Waals surface area contributed by atoms with Gasteiger partial charge in [0, 0.05) is 29.3 Å². The first-order chi connectivity index (χ1) is 11.6. The summed E-state index contributed by atoms with van der Waals surface area (Å²) in [6, 6.07) is 12.9. The monoisotopic (exact) mass is 342 g/mol. The van der Waals surface area contributed by atoms with Gasteiger partial charge in [0.15, 0.2) is 0 Å². The molecule has 1 aromatic heterocycles. The molecule has 5 nitrogen and oxygen atoms in total. The maximum absolute atomic E-state index is 12.9. The van der Waals surface area contributed by atoms with E-state index < -0.39 is 0 Å². The Hall–Kier alpha value is -2.80. The molecule has 3 aromatic rings. The Bertz CT molecular complexity index is 848. The summed E-state index contributed by atoms with van der Waals surface area (Å²) in [5.41, 5.74) is 2.08. The van der Waals surface area contributed by atoms with Gasteiger partial charge in [-0.2, -0.15) is 4.37 Å². The van der Waals surface area contributed by atoms with Gasteiger partial charge in [-0.3, -0.25) is 4.79 Å². The van der Waals surface area contributed by atoms with E-state index in [0.29, 0.717) is 17.8 Å². The van der Waals surface area contributed by atoms with Crippen molar-refractivity contribution in [3.8, 4) is 0 Å². The van der Waals surface area contributed by atoms with Crippen molar-refractivity contribution >= 4 is 28.3 Å². The largest absolute Gasteiger partial charge is 0.356 e. The van der Waals surface area contributed by atoms with Crippen LogP contribution in [0, 0.1) is 12.7 Å². The van der Waals surface area contributed by atoms with E-state index in [9.17, 15) is 9.18 Å². The third-order valence-corrected chi connectivity index (χ3v) is 4.03. The second-order valence-electron chi connectivity index (χ2n) is 5.16. The van der Waals surface area contributed by atoms with Gasteiger partial charge >= 0.3 is 0 Å². The molecule has 0 radical (unpaired) electrons. The molecule has 1 heterocycles. The number of rotatable bonds is 5. The summed E-state index contributed by atoms with van der Waals surface area (Å²) in [6.07, 6.45) is 0. The van der Waals surface area contributed by atoms with Gasteiger partial charge in [0.25, 0.3) is 5.91 Å². The van der Waals surface area contributed by atoms with Crippen LogP contribution in [0.3, 0.4) is 0 Å². The van der Waals surface area contributed by atoms with E-state index in [-0.39, 0.29) is 11.7 Å². The van der Waals surface area contributed by atoms with Crippen molar-refractivity contribution in [2.45, 2.75) is 13.5 Å². The van der Waals surface area contributed by atoms with Crippen LogP contribution in [0.1, 0.15) is 21.7 Å². The molecule has 3 rings (SSSR count). The number of aromatic nitrogens is 2. The number of carbonyl (C=O) groups is 1. The number of benzene rings is 2. The third kappa shape index (κ3) is 4.14. The first-order valence-electron chi connectivity index (χ1n) is 7.30. The SMILES string of the molecule is Cc1nsc(NCc2cccc(NC(=O)c3ccc(F)cc3)c2)n1. The maximum Gasteiger partial charge on any atom is 0.255 e. The van der Waals surface area contributed by atoms with Crippen molar-refractivity contribution in [3.05, 3.63) is 71.3 Å². The lowest BCUT2D eigenvalue weighted by Crippen LogP contribution is -2.12. The molecule has 0 saturated carbocycles. The number of nitrogens with one attached hydrogen (secondary N) is 2. The summed E-state index contributed by atoms with van der Waals surface area (Å²) < 4.78 is 17.0. The van der Waals surface area contributed by atoms with Crippen molar-refractivity contribution < 1.29 is 9.18 Å². The van der Waals surface area contributed by atoms with Gasteiger partial charge in [-0.05, 0) is 48.9 Å². The van der Waals surface area contributed by atoms with Crippen LogP contribution in [-0.4, -0.2) is 15.3 Å². The highest BCUT2D eigenvalue weighted by molar-refractivity contribution is 7.09. The average molecular weight is 342 g/mol. The molecule has 122 valence electrons. The molecule has 0 aliphatic rings. The van der Waals surface area contributed by atoms with Crippen molar-refractivity contribution in [3.63, 3.8) is 0 Å². The number of carbonyl (C=O) groups excluding carboxylic acids is 1. The lowest BCUT2D eigenvalue weighted by Gasteiger charge is -2.08. The fourth-order valence-electron chi connectivity index (χ4n) is 2.11. The zero-order chi connectivity index (χ0) is 16.9. The van der Waals surface area contributed by atoms with Crippen molar-refractivity contribution in [2.75, 3.05) is 10.6 Å². The maximum atomic E-state index is 12.9. The molecule has 1 amide bonds. The van der Waals surface area contributed by atoms with Gasteiger partial charge in [0.2, 0.25) is 5.13 Å². The lowest BCUT2D eigenvalue weighted by molar-refractivity contribution is 0.102. The minimum Gasteiger partial charge on any atom is -0.356 e. The van der Waals surface area contributed by atoms with E-state index in [1.807, 2.05) is 25.1 Å². The number of anilines is 2. The van der Waals surface area contributed by atoms with Crippen LogP contribution in [0.25, 0.3) is 0 Å². The number of halogens is 1. The van der Waals surface area contributed by atoms with Crippen LogP contribution >= 0.6 is 11.5 Å². The summed E-state index contributed by atoms with van der Waals surface area (Å²) in [7, 11) is 0. The molecule has 0 bridgehead atoms. The lowest BCUT2D eigenvalue weighted by atomic mass is 10.1. The van der Waals surface area contributed by atoms with E-state index in [2.05, 4.69) is 20.0 Å². The molecule has 2 aromatic carbocycles. The first-order valence-corrected chi connectivity index (χ1v) is 8.07. The molecule has 0 fully saturated rings. The number of hydrogen-bond donors (Lipinski definition) is 2. The number of amides is 1. The van der Waals surface area contributed by atoms with Crippen molar-refractivity contribution in [1.29, 1.82) is 0 Å². The van der Waals surface area contributed by atoms with Gasteiger partial charge in [0.05, 0.1) is 0 Å². The van der Waals surface area contributed by atoms with Crippen LogP contribution in [0.2, 0.25) is 0 Å². The normalized spacial score (nSPS) is 10.4. The third-order valence-electron chi connectivity index (χ3n) is 3.26. The second-order valence-corrected chi connectivity index (χ2v) is 5.91. The van der Waals surface area contributed by atoms with Gasteiger partial charge in [-0.15, -0.1) is 0 Å². The fourth-order valence-corrected chi connectivity index (χ4v) is 2.68. The molecule has 0 unspecified atom stereocenters. The summed E-state index contributed by atoms with van der Waals surface area (Å²) in [6.45, 7) is 2.42. The van der Waals surface area contributed by atoms with Crippen LogP contribution in [-0.2, 0) is 6.54 Å². The minimum absolute atomic E-state index is 0.278. The standard InChI is InChI=1S/C17H15FN4OS/c1-11-20-17(24-22-11)19-10-12-3-2-4-15(9-12)21-16(23)13-5-7-14(18)8-6-13/h2-9H,10H2,1H3,(H,21,23)(H,19,20,22). The molecule has 0 spiro atoms. The van der Waals surface area contributed by atoms with Gasteiger partial charge in [-0.25, -0.2) is 9.37 Å². The van der Waals surface area contributed by atoms with Crippen molar-refractivity contribution in [1.82, 2.24) is 9.36 Å². The quantitative estimate of drug-likeness (QED) is 0.739. The highest BCUT2D eigenvalue weighted by Gasteiger charge is 2.07. The molecule has 7 heteroatoms. The smallest absolute Gasteiger partial charge is 0.255 e. The Morgan fingerprint density at radius 3 is 2.71 bits per heavy atom. The van der Waals surface area contributed by atoms with Gasteiger partial charge < -0.3 is 10.6 Å². The summed E-state index contributed by atoms with van der Waals surface area (Å²) in [5.74, 6) is 0.0919. The van der Waals surface area contributed by atoms with Crippen molar-refractivity contribution in [2.24, 2.45) is 0 Å². The molecule has 2 N–H and O–H groups in total. The summed E-state index contributed by atoms with van der Waals surface area (Å²) >= 11 is 1.31. The number of nitrogens with zero attached hydrogens (tertiary/aromatic N) is 2. The molecular formula is C17H15FN4OS. The van der Waals surface area contributed by atoms with E-state index in [4.69, 9.17) is 0 Å². The predicted octanol–water partition coefficient (Wildman–Crippen LogP) is 3.85. The van der Waals surface area contributed by atoms with E-state index in [0.717, 1.165) is 16.5 Å². The van der Waals surface area contributed by atoms with Gasteiger partial charge in [-0.1, -0.05) is 12.1 Å². The van der Waals surface area contributed by atoms with Gasteiger partial charge in [0.1, 0.15) is 11.6 Å². The fraction of sp³-hybridized carbons (Fsp3) is 0.118. The topological polar surface area (TPSA) is 66.9 Å². The molecule has 0 aliphatic heterocycles. The highest BCUT2D eigenvalue weighted by atomic mass is 32.1. The van der Waals surface area contributed by atoms with E-state index >= 15 is 0 Å². The zero-order valence-electron chi connectivity index (χ0n) is 12.9. The molecule has 0 saturated heterocycles. The molecule has 24 heavy (non-hydrogen) atoms. The second kappa shape index (κ2) is 7.18. The molecule has 0 aliphatic carbocycles. The number of hydrogen-bond acceptors (Lipinski definition) is 5. The minimum atomic E-state index is -0.369. The van der Waals surface area contributed by atoms with Crippen LogP contribution < -0.4 is 10.6 Å². The van der Waals surface area contributed by atoms with Crippen LogP contribution in [0.15, 0.2) is 48.5 Å². The van der Waals surface area contributed by atoms with Crippen LogP contribution in [0.4, 0.5) is 15.2 Å². The predicted molar refractivity (Wildman–Crippen MR) is 92.8 cm³/mol. The summed E-state index contributed by atoms with van der Waals surface area (Å²) in [4.78, 5) is 16.4. The zero-order valence-corrected chi connectivity index (χ0v) is 13.7. The Labute approximate surface area is 142 Å². The number of aryl methyl sites for hydroxylation is 1. The summed E-state index contributed by atoms with van der Waals surface area (Å²) in [5, 5.41) is 6.75. The van der Waals surface area contributed by atoms with Crippen LogP contribution in [0.5, 0.6) is 0 Å².